The molecule has 2 aliphatic heterocycles. The summed E-state index contributed by atoms with van der Waals surface area (Å²) in [6, 6.07) is 15.9. The van der Waals surface area contributed by atoms with Crippen LogP contribution in [0.15, 0.2) is 64.6 Å². The summed E-state index contributed by atoms with van der Waals surface area (Å²) in [5.74, 6) is 1.06. The Morgan fingerprint density at radius 2 is 1.72 bits per heavy atom. The van der Waals surface area contributed by atoms with Crippen molar-refractivity contribution in [1.29, 1.82) is 0 Å². The molecule has 0 radical (unpaired) electrons. The predicted molar refractivity (Wildman–Crippen MR) is 152 cm³/mol. The minimum atomic E-state index is 0.0241. The number of carbonyl (C=O) groups is 2. The van der Waals surface area contributed by atoms with Gasteiger partial charge in [0.1, 0.15) is 10.8 Å². The van der Waals surface area contributed by atoms with Gasteiger partial charge in [-0.05, 0) is 38.0 Å². The molecule has 3 aromatic heterocycles. The van der Waals surface area contributed by atoms with E-state index in [2.05, 4.69) is 27.0 Å². The fourth-order valence-corrected chi connectivity index (χ4v) is 6.30. The SMILES string of the molecule is Cc1c(C(=O)N2CCN(CC(=O)N3CCCC3)CC2)cc(-c2csc(-c3ccccc3)n2)n1Cc1ccco1. The summed E-state index contributed by atoms with van der Waals surface area (Å²) >= 11 is 1.60. The Labute approximate surface area is 232 Å². The fraction of sp³-hybridized carbons (Fsp3) is 0.367. The van der Waals surface area contributed by atoms with E-state index in [-0.39, 0.29) is 11.8 Å². The number of piperazine rings is 1. The van der Waals surface area contributed by atoms with Gasteiger partial charge in [0.2, 0.25) is 5.91 Å². The first-order valence-corrected chi connectivity index (χ1v) is 14.5. The summed E-state index contributed by atoms with van der Waals surface area (Å²) < 4.78 is 7.78. The van der Waals surface area contributed by atoms with Crippen LogP contribution in [0.1, 0.15) is 34.7 Å². The average Bonchev–Trinajstić information content (AvgIpc) is 3.78. The van der Waals surface area contributed by atoms with E-state index in [0.29, 0.717) is 44.8 Å². The molecule has 2 amide bonds. The Balaban J connectivity index is 1.21. The molecule has 6 rings (SSSR count). The van der Waals surface area contributed by atoms with Crippen molar-refractivity contribution in [1.82, 2.24) is 24.3 Å². The molecule has 4 aromatic rings. The molecule has 2 aliphatic rings. The number of aromatic nitrogens is 2. The Morgan fingerprint density at radius 1 is 0.949 bits per heavy atom. The predicted octanol–water partition coefficient (Wildman–Crippen LogP) is 4.61. The summed E-state index contributed by atoms with van der Waals surface area (Å²) in [5, 5.41) is 3.00. The lowest BCUT2D eigenvalue weighted by Gasteiger charge is -2.35. The van der Waals surface area contributed by atoms with Crippen LogP contribution in [-0.4, -0.2) is 81.9 Å². The van der Waals surface area contributed by atoms with Crippen LogP contribution in [0.2, 0.25) is 0 Å². The summed E-state index contributed by atoms with van der Waals surface area (Å²) in [6.45, 7) is 7.34. The maximum atomic E-state index is 13.8. The lowest BCUT2D eigenvalue weighted by atomic mass is 10.2. The molecule has 0 N–H and O–H groups in total. The van der Waals surface area contributed by atoms with Crippen molar-refractivity contribution in [2.24, 2.45) is 0 Å². The summed E-state index contributed by atoms with van der Waals surface area (Å²) in [4.78, 5) is 37.3. The van der Waals surface area contributed by atoms with Crippen LogP contribution < -0.4 is 0 Å². The second-order valence-corrected chi connectivity index (χ2v) is 11.1. The standard InChI is InChI=1S/C30H33N5O3S/c1-22-25(30(37)34-15-13-32(14-16-34)20-28(36)33-11-5-6-12-33)18-27(35(22)19-24-10-7-17-38-24)26-21-39-29(31-26)23-8-3-2-4-9-23/h2-4,7-10,17-18,21H,5-6,11-16,19-20H2,1H3. The Hall–Kier alpha value is -3.69. The second-order valence-electron chi connectivity index (χ2n) is 10.3. The van der Waals surface area contributed by atoms with E-state index in [1.165, 1.54) is 0 Å². The van der Waals surface area contributed by atoms with Crippen molar-refractivity contribution >= 4 is 23.2 Å². The third-order valence-electron chi connectivity index (χ3n) is 7.76. The van der Waals surface area contributed by atoms with E-state index in [4.69, 9.17) is 9.40 Å². The van der Waals surface area contributed by atoms with Gasteiger partial charge in [0, 0.05) is 55.9 Å². The maximum absolute atomic E-state index is 13.8. The Kier molecular flexibility index (Phi) is 7.34. The minimum Gasteiger partial charge on any atom is -0.467 e. The van der Waals surface area contributed by atoms with E-state index in [1.54, 1.807) is 17.6 Å². The number of likely N-dealkylation sites (tertiary alicyclic amines) is 1. The quantitative estimate of drug-likeness (QED) is 0.340. The van der Waals surface area contributed by atoms with E-state index in [0.717, 1.165) is 59.3 Å². The molecule has 0 unspecified atom stereocenters. The van der Waals surface area contributed by atoms with E-state index < -0.39 is 0 Å². The van der Waals surface area contributed by atoms with Gasteiger partial charge in [-0.25, -0.2) is 4.98 Å². The van der Waals surface area contributed by atoms with E-state index in [9.17, 15) is 9.59 Å². The third kappa shape index (κ3) is 5.42. The molecular weight excluding hydrogens is 510 g/mol. The van der Waals surface area contributed by atoms with Gasteiger partial charge in [-0.3, -0.25) is 14.5 Å². The number of furan rings is 1. The first kappa shape index (κ1) is 25.6. The third-order valence-corrected chi connectivity index (χ3v) is 8.65. The smallest absolute Gasteiger partial charge is 0.255 e. The first-order chi connectivity index (χ1) is 19.1. The van der Waals surface area contributed by atoms with E-state index >= 15 is 0 Å². The minimum absolute atomic E-state index is 0.0241. The number of benzene rings is 1. The van der Waals surface area contributed by atoms with Crippen molar-refractivity contribution in [2.45, 2.75) is 26.3 Å². The van der Waals surface area contributed by atoms with Crippen LogP contribution in [0, 0.1) is 6.92 Å². The molecule has 0 spiro atoms. The largest absolute Gasteiger partial charge is 0.467 e. The monoisotopic (exact) mass is 543 g/mol. The molecule has 5 heterocycles. The molecule has 8 nitrogen and oxygen atoms in total. The number of carbonyl (C=O) groups excluding carboxylic acids is 2. The first-order valence-electron chi connectivity index (χ1n) is 13.6. The zero-order valence-electron chi connectivity index (χ0n) is 22.2. The number of hydrogen-bond acceptors (Lipinski definition) is 6. The average molecular weight is 544 g/mol. The molecule has 0 saturated carbocycles. The number of nitrogens with zero attached hydrogens (tertiary/aromatic N) is 5. The highest BCUT2D eigenvalue weighted by Gasteiger charge is 2.28. The second kappa shape index (κ2) is 11.2. The van der Waals surface area contributed by atoms with Crippen LogP contribution in [-0.2, 0) is 11.3 Å². The molecule has 2 saturated heterocycles. The van der Waals surface area contributed by atoms with Gasteiger partial charge in [0.05, 0.1) is 36.3 Å². The molecule has 9 heteroatoms. The number of thiazole rings is 1. The summed E-state index contributed by atoms with van der Waals surface area (Å²) in [6.07, 6.45) is 3.87. The molecule has 2 fully saturated rings. The van der Waals surface area contributed by atoms with Gasteiger partial charge in [-0.1, -0.05) is 30.3 Å². The van der Waals surface area contributed by atoms with Crippen molar-refractivity contribution in [3.63, 3.8) is 0 Å². The van der Waals surface area contributed by atoms with Gasteiger partial charge in [0.15, 0.2) is 0 Å². The molecule has 1 aromatic carbocycles. The summed E-state index contributed by atoms with van der Waals surface area (Å²) in [7, 11) is 0. The fourth-order valence-electron chi connectivity index (χ4n) is 5.48. The molecule has 39 heavy (non-hydrogen) atoms. The van der Waals surface area contributed by atoms with Gasteiger partial charge in [0.25, 0.3) is 5.91 Å². The molecule has 0 bridgehead atoms. The van der Waals surface area contributed by atoms with Crippen LogP contribution >= 0.6 is 11.3 Å². The lowest BCUT2D eigenvalue weighted by molar-refractivity contribution is -0.131. The molecule has 202 valence electrons. The highest BCUT2D eigenvalue weighted by atomic mass is 32.1. The number of rotatable bonds is 7. The maximum Gasteiger partial charge on any atom is 0.255 e. The van der Waals surface area contributed by atoms with E-state index in [1.807, 2.05) is 53.1 Å². The topological polar surface area (TPSA) is 74.8 Å². The molecular formula is C30H33N5O3S. The normalized spacial score (nSPS) is 16.2. The van der Waals surface area contributed by atoms with Gasteiger partial charge >= 0.3 is 0 Å². The van der Waals surface area contributed by atoms with Gasteiger partial charge in [-0.15, -0.1) is 11.3 Å². The number of amides is 2. The summed E-state index contributed by atoms with van der Waals surface area (Å²) in [5.41, 5.74) is 4.41. The van der Waals surface area contributed by atoms with Crippen LogP contribution in [0.4, 0.5) is 0 Å². The Bertz CT molecular complexity index is 1430. The van der Waals surface area contributed by atoms with Crippen molar-refractivity contribution in [3.8, 4) is 22.0 Å². The highest BCUT2D eigenvalue weighted by Crippen LogP contribution is 2.32. The molecule has 0 aliphatic carbocycles. The molecule has 0 atom stereocenters. The Morgan fingerprint density at radius 3 is 2.44 bits per heavy atom. The van der Waals surface area contributed by atoms with Gasteiger partial charge < -0.3 is 18.8 Å². The van der Waals surface area contributed by atoms with Gasteiger partial charge in [-0.2, -0.15) is 0 Å². The van der Waals surface area contributed by atoms with Crippen molar-refractivity contribution in [2.75, 3.05) is 45.8 Å². The van der Waals surface area contributed by atoms with Crippen LogP contribution in [0.3, 0.4) is 0 Å². The zero-order valence-corrected chi connectivity index (χ0v) is 23.0. The zero-order chi connectivity index (χ0) is 26.8. The van der Waals surface area contributed by atoms with Crippen molar-refractivity contribution in [3.05, 3.63) is 77.2 Å². The van der Waals surface area contributed by atoms with Crippen LogP contribution in [0.5, 0.6) is 0 Å². The van der Waals surface area contributed by atoms with Crippen LogP contribution in [0.25, 0.3) is 22.0 Å². The number of hydrogen-bond donors (Lipinski definition) is 0. The van der Waals surface area contributed by atoms with Crippen molar-refractivity contribution < 1.29 is 14.0 Å². The highest BCUT2D eigenvalue weighted by molar-refractivity contribution is 7.13. The lowest BCUT2D eigenvalue weighted by Crippen LogP contribution is -2.51.